The van der Waals surface area contributed by atoms with Gasteiger partial charge in [0.25, 0.3) is 0 Å². The quantitative estimate of drug-likeness (QED) is 0.833. The second kappa shape index (κ2) is 5.67. The highest BCUT2D eigenvalue weighted by atomic mass is 16.7. The Hall–Kier alpha value is -1.72. The number of hydrogen-bond acceptors (Lipinski definition) is 5. The van der Waals surface area contributed by atoms with Crippen LogP contribution in [0.5, 0.6) is 11.5 Å². The molecule has 24 heavy (non-hydrogen) atoms. The van der Waals surface area contributed by atoms with Crippen LogP contribution in [0.3, 0.4) is 0 Å². The van der Waals surface area contributed by atoms with E-state index in [1.807, 2.05) is 12.1 Å². The maximum absolute atomic E-state index is 6.38. The van der Waals surface area contributed by atoms with Gasteiger partial charge in [0, 0.05) is 12.8 Å². The Morgan fingerprint density at radius 3 is 2.79 bits per heavy atom. The normalized spacial score (nSPS) is 33.7. The lowest BCUT2D eigenvalue weighted by atomic mass is 10.0. The largest absolute Gasteiger partial charge is 0.465 e. The maximum Gasteiger partial charge on any atom is 0.231 e. The minimum atomic E-state index is -0.424. The Balaban J connectivity index is 1.42. The van der Waals surface area contributed by atoms with Gasteiger partial charge in [0.05, 0.1) is 12.6 Å². The molecule has 5 nitrogen and oxygen atoms in total. The van der Waals surface area contributed by atoms with Crippen molar-refractivity contribution in [3.63, 3.8) is 0 Å². The highest BCUT2D eigenvalue weighted by Crippen LogP contribution is 2.45. The molecular formula is C19H23NO4. The van der Waals surface area contributed by atoms with E-state index in [1.165, 1.54) is 12.8 Å². The zero-order valence-electron chi connectivity index (χ0n) is 13.8. The van der Waals surface area contributed by atoms with E-state index in [0.29, 0.717) is 12.8 Å². The zero-order chi connectivity index (χ0) is 16.0. The number of rotatable bonds is 2. The van der Waals surface area contributed by atoms with Crippen molar-refractivity contribution in [3.05, 3.63) is 29.5 Å². The number of likely N-dealkylation sites (tertiary alicyclic amines) is 1. The Morgan fingerprint density at radius 1 is 1.08 bits per heavy atom. The Morgan fingerprint density at radius 2 is 1.96 bits per heavy atom. The second-order valence-corrected chi connectivity index (χ2v) is 7.05. The standard InChI is InChI=1S/C19H23NO4/c1-2-8-20(7-1)18-12-15(24-19(18)6-3-9-23-19)10-14-4-5-16-17(11-14)22-13-21-16/h4-5,10-11,18H,1-3,6-9,12-13H2/b15-10-/t18-,19+/m0/s1. The fourth-order valence-corrected chi connectivity index (χ4v) is 4.39. The van der Waals surface area contributed by atoms with E-state index in [1.54, 1.807) is 0 Å². The van der Waals surface area contributed by atoms with Crippen molar-refractivity contribution in [2.24, 2.45) is 0 Å². The molecule has 1 aromatic rings. The first-order valence-electron chi connectivity index (χ1n) is 9.00. The van der Waals surface area contributed by atoms with E-state index in [-0.39, 0.29) is 0 Å². The molecule has 0 N–H and O–H groups in total. The summed E-state index contributed by atoms with van der Waals surface area (Å²) < 4.78 is 23.4. The molecule has 1 spiro atoms. The fourth-order valence-electron chi connectivity index (χ4n) is 4.39. The van der Waals surface area contributed by atoms with Gasteiger partial charge in [0.15, 0.2) is 11.5 Å². The molecule has 3 fully saturated rings. The first-order chi connectivity index (χ1) is 11.8. The van der Waals surface area contributed by atoms with Gasteiger partial charge in [-0.2, -0.15) is 0 Å². The lowest BCUT2D eigenvalue weighted by Gasteiger charge is -2.34. The molecule has 4 heterocycles. The topological polar surface area (TPSA) is 40.2 Å². The van der Waals surface area contributed by atoms with Crippen LogP contribution in [0.2, 0.25) is 0 Å². The summed E-state index contributed by atoms with van der Waals surface area (Å²) >= 11 is 0. The molecule has 0 bridgehead atoms. The average molecular weight is 329 g/mol. The molecule has 0 saturated carbocycles. The van der Waals surface area contributed by atoms with Crippen molar-refractivity contribution in [2.75, 3.05) is 26.5 Å². The third-order valence-corrected chi connectivity index (χ3v) is 5.53. The van der Waals surface area contributed by atoms with E-state index in [0.717, 1.165) is 61.8 Å². The van der Waals surface area contributed by atoms with Gasteiger partial charge in [0.1, 0.15) is 5.76 Å². The van der Waals surface area contributed by atoms with Crippen molar-refractivity contribution in [2.45, 2.75) is 43.9 Å². The molecule has 0 unspecified atom stereocenters. The molecule has 0 aromatic heterocycles. The zero-order valence-corrected chi connectivity index (χ0v) is 13.8. The van der Waals surface area contributed by atoms with Crippen LogP contribution in [0.1, 0.15) is 37.7 Å². The monoisotopic (exact) mass is 329 g/mol. The molecule has 2 atom stereocenters. The minimum Gasteiger partial charge on any atom is -0.465 e. The van der Waals surface area contributed by atoms with Crippen LogP contribution in [0.4, 0.5) is 0 Å². The Kier molecular flexibility index (Phi) is 3.45. The van der Waals surface area contributed by atoms with Crippen LogP contribution in [-0.4, -0.2) is 43.2 Å². The van der Waals surface area contributed by atoms with Crippen molar-refractivity contribution in [1.82, 2.24) is 4.90 Å². The molecule has 128 valence electrons. The summed E-state index contributed by atoms with van der Waals surface area (Å²) in [5.41, 5.74) is 1.09. The summed E-state index contributed by atoms with van der Waals surface area (Å²) in [5.74, 6) is 2.22. The van der Waals surface area contributed by atoms with Gasteiger partial charge in [0.2, 0.25) is 12.6 Å². The molecule has 0 aliphatic carbocycles. The summed E-state index contributed by atoms with van der Waals surface area (Å²) in [7, 11) is 0. The molecule has 5 rings (SSSR count). The van der Waals surface area contributed by atoms with Gasteiger partial charge in [-0.15, -0.1) is 0 Å². The summed E-state index contributed by atoms with van der Waals surface area (Å²) in [6, 6.07) is 6.38. The third-order valence-electron chi connectivity index (χ3n) is 5.53. The Bertz CT molecular complexity index is 659. The molecule has 0 radical (unpaired) electrons. The van der Waals surface area contributed by atoms with Crippen LogP contribution in [0.25, 0.3) is 6.08 Å². The van der Waals surface area contributed by atoms with E-state index in [9.17, 15) is 0 Å². The number of hydrogen-bond donors (Lipinski definition) is 0. The predicted octanol–water partition coefficient (Wildman–Crippen LogP) is 3.15. The van der Waals surface area contributed by atoms with Crippen LogP contribution in [0, 0.1) is 0 Å². The van der Waals surface area contributed by atoms with Gasteiger partial charge < -0.3 is 18.9 Å². The van der Waals surface area contributed by atoms with Gasteiger partial charge in [-0.1, -0.05) is 6.07 Å². The van der Waals surface area contributed by atoms with Crippen molar-refractivity contribution in [3.8, 4) is 11.5 Å². The predicted molar refractivity (Wildman–Crippen MR) is 88.8 cm³/mol. The second-order valence-electron chi connectivity index (χ2n) is 7.05. The van der Waals surface area contributed by atoms with Gasteiger partial charge in [-0.25, -0.2) is 0 Å². The van der Waals surface area contributed by atoms with Crippen LogP contribution in [0.15, 0.2) is 24.0 Å². The summed E-state index contributed by atoms with van der Waals surface area (Å²) in [6.45, 7) is 3.44. The van der Waals surface area contributed by atoms with Crippen molar-refractivity contribution in [1.29, 1.82) is 0 Å². The number of fused-ring (bicyclic) bond motifs is 1. The smallest absolute Gasteiger partial charge is 0.231 e. The van der Waals surface area contributed by atoms with Crippen molar-refractivity contribution < 1.29 is 18.9 Å². The number of nitrogens with zero attached hydrogens (tertiary/aromatic N) is 1. The SMILES string of the molecule is C(=C1\C[C@H](N2CCCC2)[C@@]2(CCCO2)O1)/c1ccc2c(c1)OCO2. The van der Waals surface area contributed by atoms with E-state index in [4.69, 9.17) is 18.9 Å². The summed E-state index contributed by atoms with van der Waals surface area (Å²) in [5, 5.41) is 0. The molecule has 3 saturated heterocycles. The first-order valence-corrected chi connectivity index (χ1v) is 9.00. The van der Waals surface area contributed by atoms with Crippen molar-refractivity contribution >= 4 is 6.08 Å². The summed E-state index contributed by atoms with van der Waals surface area (Å²) in [4.78, 5) is 2.56. The lowest BCUT2D eigenvalue weighted by Crippen LogP contribution is -2.48. The fraction of sp³-hybridized carbons (Fsp3) is 0.579. The maximum atomic E-state index is 6.38. The van der Waals surface area contributed by atoms with Gasteiger partial charge in [-0.3, -0.25) is 4.90 Å². The highest BCUT2D eigenvalue weighted by Gasteiger charge is 2.53. The van der Waals surface area contributed by atoms with Gasteiger partial charge in [-0.05, 0) is 56.1 Å². The number of benzene rings is 1. The van der Waals surface area contributed by atoms with E-state index in [2.05, 4.69) is 17.0 Å². The first kappa shape index (κ1) is 14.6. The van der Waals surface area contributed by atoms with Gasteiger partial charge >= 0.3 is 0 Å². The van der Waals surface area contributed by atoms with E-state index >= 15 is 0 Å². The number of ether oxygens (including phenoxy) is 4. The molecule has 0 amide bonds. The highest BCUT2D eigenvalue weighted by molar-refractivity contribution is 5.58. The van der Waals surface area contributed by atoms with Crippen LogP contribution in [-0.2, 0) is 9.47 Å². The Labute approximate surface area is 142 Å². The van der Waals surface area contributed by atoms with E-state index < -0.39 is 5.79 Å². The van der Waals surface area contributed by atoms with Crippen LogP contribution < -0.4 is 9.47 Å². The summed E-state index contributed by atoms with van der Waals surface area (Å²) in [6.07, 6.45) is 7.70. The third kappa shape index (κ3) is 2.38. The lowest BCUT2D eigenvalue weighted by molar-refractivity contribution is -0.191. The average Bonchev–Trinajstić information content (AvgIpc) is 3.35. The molecule has 4 aliphatic rings. The molecule has 4 aliphatic heterocycles. The molecule has 1 aromatic carbocycles. The minimum absolute atomic E-state index is 0.305. The molecule has 5 heteroatoms. The van der Waals surface area contributed by atoms with Crippen LogP contribution >= 0.6 is 0 Å². The molecular weight excluding hydrogens is 306 g/mol.